The predicted octanol–water partition coefficient (Wildman–Crippen LogP) is 5.41. The summed E-state index contributed by atoms with van der Waals surface area (Å²) >= 11 is 7.45. The van der Waals surface area contributed by atoms with Crippen LogP contribution in [0, 0.1) is 5.41 Å². The lowest BCUT2D eigenvalue weighted by Crippen LogP contribution is -2.78. The molecular formula is C17H20ClF3N2OS. The lowest BCUT2D eigenvalue weighted by molar-refractivity contribution is -0.336. The van der Waals surface area contributed by atoms with Gasteiger partial charge in [-0.3, -0.25) is 4.79 Å². The van der Waals surface area contributed by atoms with E-state index in [-0.39, 0.29) is 24.0 Å². The van der Waals surface area contributed by atoms with Crippen LogP contribution in [0.1, 0.15) is 50.4 Å². The first-order valence-electron chi connectivity index (χ1n) is 7.98. The van der Waals surface area contributed by atoms with Gasteiger partial charge in [-0.05, 0) is 70.2 Å². The van der Waals surface area contributed by atoms with Gasteiger partial charge in [0, 0.05) is 15.3 Å². The number of halogens is 4. The first-order valence-corrected chi connectivity index (χ1v) is 9.17. The molecule has 4 rings (SSSR count). The maximum Gasteiger partial charge on any atom is 0.394 e. The topological polar surface area (TPSA) is 41.1 Å². The van der Waals surface area contributed by atoms with E-state index in [1.807, 2.05) is 20.8 Å². The quantitative estimate of drug-likeness (QED) is 0.673. The van der Waals surface area contributed by atoms with Gasteiger partial charge in [0.25, 0.3) is 5.91 Å². The third kappa shape index (κ3) is 3.45. The number of carbonyl (C=O) groups is 1. The maximum atomic E-state index is 12.9. The Hall–Kier alpha value is -1.08. The van der Waals surface area contributed by atoms with Crippen LogP contribution < -0.4 is 10.0 Å². The summed E-state index contributed by atoms with van der Waals surface area (Å²) < 4.78 is 41.9. The van der Waals surface area contributed by atoms with Crippen molar-refractivity contribution in [2.45, 2.75) is 56.5 Å². The minimum atomic E-state index is -4.19. The molecule has 0 heterocycles. The molecule has 25 heavy (non-hydrogen) atoms. The molecule has 3 nitrogen and oxygen atoms in total. The van der Waals surface area contributed by atoms with E-state index in [1.165, 1.54) is 18.0 Å². The SMILES string of the molecule is CC(C)(C)SNc1ccc(Cl)cc1C(=O)NC12CC(C(F)(F)F)(C1)C2. The van der Waals surface area contributed by atoms with E-state index in [0.717, 1.165) is 0 Å². The molecule has 0 aliphatic heterocycles. The van der Waals surface area contributed by atoms with Crippen LogP contribution in [0.4, 0.5) is 18.9 Å². The molecule has 0 aromatic heterocycles. The summed E-state index contributed by atoms with van der Waals surface area (Å²) in [5.74, 6) is -0.394. The molecule has 1 aromatic rings. The van der Waals surface area contributed by atoms with Crippen molar-refractivity contribution in [3.63, 3.8) is 0 Å². The number of amides is 1. The molecule has 3 aliphatic carbocycles. The molecule has 0 spiro atoms. The van der Waals surface area contributed by atoms with E-state index in [4.69, 9.17) is 11.6 Å². The smallest absolute Gasteiger partial charge is 0.346 e. The summed E-state index contributed by atoms with van der Waals surface area (Å²) in [5.41, 5.74) is -1.37. The third-order valence-electron chi connectivity index (χ3n) is 4.70. The second-order valence-corrected chi connectivity index (χ2v) is 10.1. The fourth-order valence-corrected chi connectivity index (χ4v) is 4.30. The zero-order valence-electron chi connectivity index (χ0n) is 14.2. The van der Waals surface area contributed by atoms with Gasteiger partial charge in [-0.2, -0.15) is 13.2 Å². The van der Waals surface area contributed by atoms with Gasteiger partial charge in [-0.25, -0.2) is 0 Å². The van der Waals surface area contributed by atoms with Crippen LogP contribution in [-0.4, -0.2) is 22.4 Å². The monoisotopic (exact) mass is 392 g/mol. The summed E-state index contributed by atoms with van der Waals surface area (Å²) in [6.07, 6.45) is -4.29. The molecule has 3 saturated carbocycles. The summed E-state index contributed by atoms with van der Waals surface area (Å²) in [6, 6.07) is 4.91. The Kier molecular flexibility index (Phi) is 4.27. The Morgan fingerprint density at radius 3 is 2.32 bits per heavy atom. The van der Waals surface area contributed by atoms with Gasteiger partial charge >= 0.3 is 6.18 Å². The molecule has 3 aliphatic rings. The van der Waals surface area contributed by atoms with Crippen LogP contribution in [0.3, 0.4) is 0 Å². The van der Waals surface area contributed by atoms with Gasteiger partial charge in [-0.15, -0.1) is 0 Å². The highest BCUT2D eigenvalue weighted by molar-refractivity contribution is 8.01. The fourth-order valence-electron chi connectivity index (χ4n) is 3.53. The molecule has 2 bridgehead atoms. The highest BCUT2D eigenvalue weighted by Crippen LogP contribution is 2.73. The van der Waals surface area contributed by atoms with Crippen LogP contribution in [0.25, 0.3) is 0 Å². The molecule has 0 unspecified atom stereocenters. The average Bonchev–Trinajstić information content (AvgIpc) is 2.37. The average molecular weight is 393 g/mol. The second-order valence-electron chi connectivity index (χ2n) is 8.05. The van der Waals surface area contributed by atoms with Crippen molar-refractivity contribution in [3.05, 3.63) is 28.8 Å². The number of hydrogen-bond acceptors (Lipinski definition) is 3. The largest absolute Gasteiger partial charge is 0.394 e. The molecule has 0 atom stereocenters. The van der Waals surface area contributed by atoms with Crippen molar-refractivity contribution in [2.75, 3.05) is 4.72 Å². The van der Waals surface area contributed by atoms with Crippen LogP contribution in [-0.2, 0) is 0 Å². The zero-order chi connectivity index (χ0) is 18.7. The standard InChI is InChI=1S/C17H20ClF3N2OS/c1-14(2,3)25-23-12-5-4-10(18)6-11(12)13(24)22-16-7-15(8-16,9-16)17(19,20)21/h4-6,23H,7-9H2,1-3H3,(H,22,24). The van der Waals surface area contributed by atoms with E-state index in [2.05, 4.69) is 10.0 Å². The van der Waals surface area contributed by atoms with Crippen molar-refractivity contribution >= 4 is 35.1 Å². The van der Waals surface area contributed by atoms with Gasteiger partial charge in [0.15, 0.2) is 0 Å². The van der Waals surface area contributed by atoms with Crippen LogP contribution in [0.5, 0.6) is 0 Å². The van der Waals surface area contributed by atoms with Crippen molar-refractivity contribution < 1.29 is 18.0 Å². The van der Waals surface area contributed by atoms with Crippen LogP contribution in [0.15, 0.2) is 18.2 Å². The summed E-state index contributed by atoms with van der Waals surface area (Å²) in [6.45, 7) is 6.08. The predicted molar refractivity (Wildman–Crippen MR) is 95.0 cm³/mol. The van der Waals surface area contributed by atoms with E-state index in [1.54, 1.807) is 12.1 Å². The minimum Gasteiger partial charge on any atom is -0.346 e. The van der Waals surface area contributed by atoms with Gasteiger partial charge in [0.1, 0.15) is 0 Å². The van der Waals surface area contributed by atoms with E-state index >= 15 is 0 Å². The molecule has 1 amide bonds. The molecule has 138 valence electrons. The molecule has 0 radical (unpaired) electrons. The summed E-state index contributed by atoms with van der Waals surface area (Å²) in [4.78, 5) is 12.6. The second kappa shape index (κ2) is 5.71. The third-order valence-corrected chi connectivity index (χ3v) is 5.87. The number of alkyl halides is 3. The lowest BCUT2D eigenvalue weighted by atomic mass is 9.39. The fraction of sp³-hybridized carbons (Fsp3) is 0.588. The number of benzene rings is 1. The molecule has 0 saturated heterocycles. The minimum absolute atomic E-state index is 0.0324. The van der Waals surface area contributed by atoms with E-state index in [9.17, 15) is 18.0 Å². The van der Waals surface area contributed by atoms with Crippen LogP contribution >= 0.6 is 23.5 Å². The van der Waals surface area contributed by atoms with Crippen molar-refractivity contribution in [2.24, 2.45) is 5.41 Å². The number of rotatable bonds is 4. The number of nitrogens with one attached hydrogen (secondary N) is 2. The molecule has 2 N–H and O–H groups in total. The van der Waals surface area contributed by atoms with Crippen LogP contribution in [0.2, 0.25) is 5.02 Å². The lowest BCUT2D eigenvalue weighted by Gasteiger charge is -2.70. The van der Waals surface area contributed by atoms with Gasteiger partial charge < -0.3 is 10.0 Å². The zero-order valence-corrected chi connectivity index (χ0v) is 15.8. The van der Waals surface area contributed by atoms with Crippen molar-refractivity contribution in [1.82, 2.24) is 5.32 Å². The summed E-state index contributed by atoms with van der Waals surface area (Å²) in [5, 5.41) is 3.19. The first-order chi connectivity index (χ1) is 11.3. The molecular weight excluding hydrogens is 373 g/mol. The molecule has 1 aromatic carbocycles. The Labute approximate surface area is 154 Å². The van der Waals surface area contributed by atoms with E-state index < -0.39 is 23.0 Å². The van der Waals surface area contributed by atoms with Crippen molar-refractivity contribution in [1.29, 1.82) is 0 Å². The number of carbonyl (C=O) groups excluding carboxylic acids is 1. The van der Waals surface area contributed by atoms with E-state index in [0.29, 0.717) is 16.3 Å². The molecule has 8 heteroatoms. The highest BCUT2D eigenvalue weighted by Gasteiger charge is 2.79. The Balaban J connectivity index is 1.70. The van der Waals surface area contributed by atoms with Gasteiger partial charge in [0.2, 0.25) is 0 Å². The summed E-state index contributed by atoms with van der Waals surface area (Å²) in [7, 11) is 0. The Bertz CT molecular complexity index is 695. The Morgan fingerprint density at radius 2 is 1.80 bits per heavy atom. The van der Waals surface area contributed by atoms with Crippen molar-refractivity contribution in [3.8, 4) is 0 Å². The van der Waals surface area contributed by atoms with Gasteiger partial charge in [-0.1, -0.05) is 11.6 Å². The highest BCUT2D eigenvalue weighted by atomic mass is 35.5. The van der Waals surface area contributed by atoms with Gasteiger partial charge in [0.05, 0.1) is 16.7 Å². The number of hydrogen-bond donors (Lipinski definition) is 2. The first kappa shape index (κ1) is 18.7. The molecule has 3 fully saturated rings. The maximum absolute atomic E-state index is 12.9. The number of anilines is 1. The normalized spacial score (nSPS) is 28.0. The Morgan fingerprint density at radius 1 is 1.20 bits per heavy atom.